The van der Waals surface area contributed by atoms with Crippen molar-refractivity contribution in [3.8, 4) is 0 Å². The van der Waals surface area contributed by atoms with Gasteiger partial charge in [-0.15, -0.1) is 0 Å². The first-order valence-electron chi connectivity index (χ1n) is 6.41. The van der Waals surface area contributed by atoms with E-state index >= 15 is 0 Å². The Kier molecular flexibility index (Phi) is 5.03. The Bertz CT molecular complexity index is 464. The minimum Gasteiger partial charge on any atom is -0.351 e. The van der Waals surface area contributed by atoms with E-state index in [1.54, 1.807) is 18.2 Å². The van der Waals surface area contributed by atoms with Gasteiger partial charge in [-0.25, -0.2) is 4.98 Å². The molecule has 0 atom stereocenters. The molecule has 0 bridgehead atoms. The third kappa shape index (κ3) is 5.07. The maximum atomic E-state index is 11.9. The molecule has 0 saturated carbocycles. The molecule has 0 fully saturated rings. The second-order valence-corrected chi connectivity index (χ2v) is 5.37. The number of amides is 2. The van der Waals surface area contributed by atoms with Crippen molar-refractivity contribution < 1.29 is 9.59 Å². The highest BCUT2D eigenvalue weighted by molar-refractivity contribution is 5.96. The molecule has 0 aliphatic rings. The van der Waals surface area contributed by atoms with Crippen LogP contribution in [0.4, 0.5) is 0 Å². The summed E-state index contributed by atoms with van der Waals surface area (Å²) < 4.78 is 0. The molecule has 2 amide bonds. The Hall–Kier alpha value is -1.91. The Morgan fingerprint density at radius 1 is 1.16 bits per heavy atom. The molecule has 1 rings (SSSR count). The van der Waals surface area contributed by atoms with E-state index in [1.807, 2.05) is 27.7 Å². The normalized spacial score (nSPS) is 10.9. The molecule has 5 heteroatoms. The number of hydrogen-bond donors (Lipinski definition) is 2. The fraction of sp³-hybridized carbons (Fsp3) is 0.500. The van der Waals surface area contributed by atoms with Crippen LogP contribution >= 0.6 is 0 Å². The molecule has 0 spiro atoms. The summed E-state index contributed by atoms with van der Waals surface area (Å²) in [5, 5.41) is 5.54. The second-order valence-electron chi connectivity index (χ2n) is 5.37. The number of aromatic nitrogens is 1. The van der Waals surface area contributed by atoms with Crippen molar-refractivity contribution in [1.82, 2.24) is 15.6 Å². The molecule has 0 aromatic carbocycles. The molecule has 0 radical (unpaired) electrons. The number of nitrogens with zero attached hydrogens (tertiary/aromatic N) is 1. The van der Waals surface area contributed by atoms with Crippen LogP contribution in [0.25, 0.3) is 0 Å². The predicted octanol–water partition coefficient (Wildman–Crippen LogP) is 1.75. The SMILES string of the molecule is CCCNC(=O)c1cccc(C(=O)NC(C)(C)C)n1. The quantitative estimate of drug-likeness (QED) is 0.869. The summed E-state index contributed by atoms with van der Waals surface area (Å²) in [6.07, 6.45) is 0.857. The summed E-state index contributed by atoms with van der Waals surface area (Å²) in [4.78, 5) is 27.8. The van der Waals surface area contributed by atoms with Gasteiger partial charge in [-0.3, -0.25) is 9.59 Å². The van der Waals surface area contributed by atoms with Gasteiger partial charge in [0, 0.05) is 12.1 Å². The molecule has 0 aliphatic heterocycles. The monoisotopic (exact) mass is 263 g/mol. The Morgan fingerprint density at radius 3 is 2.26 bits per heavy atom. The third-order valence-corrected chi connectivity index (χ3v) is 2.24. The van der Waals surface area contributed by atoms with Crippen molar-refractivity contribution in [2.24, 2.45) is 0 Å². The highest BCUT2D eigenvalue weighted by atomic mass is 16.2. The number of carbonyl (C=O) groups excluding carboxylic acids is 2. The summed E-state index contributed by atoms with van der Waals surface area (Å²) >= 11 is 0. The second kappa shape index (κ2) is 6.31. The maximum Gasteiger partial charge on any atom is 0.270 e. The Labute approximate surface area is 113 Å². The molecular weight excluding hydrogens is 242 g/mol. The fourth-order valence-corrected chi connectivity index (χ4v) is 1.42. The molecule has 0 saturated heterocycles. The summed E-state index contributed by atoms with van der Waals surface area (Å²) in [5.41, 5.74) is 0.174. The summed E-state index contributed by atoms with van der Waals surface area (Å²) in [7, 11) is 0. The van der Waals surface area contributed by atoms with Gasteiger partial charge in [-0.05, 0) is 39.3 Å². The predicted molar refractivity (Wildman–Crippen MR) is 74.1 cm³/mol. The van der Waals surface area contributed by atoms with Gasteiger partial charge in [0.2, 0.25) is 0 Å². The summed E-state index contributed by atoms with van der Waals surface area (Å²) in [5.74, 6) is -0.537. The van der Waals surface area contributed by atoms with Crippen molar-refractivity contribution in [2.45, 2.75) is 39.7 Å². The van der Waals surface area contributed by atoms with E-state index in [0.717, 1.165) is 6.42 Å². The molecule has 19 heavy (non-hydrogen) atoms. The fourth-order valence-electron chi connectivity index (χ4n) is 1.42. The average molecular weight is 263 g/mol. The van der Waals surface area contributed by atoms with Crippen molar-refractivity contribution in [3.05, 3.63) is 29.6 Å². The number of nitrogens with one attached hydrogen (secondary N) is 2. The van der Waals surface area contributed by atoms with E-state index in [2.05, 4.69) is 15.6 Å². The highest BCUT2D eigenvalue weighted by Crippen LogP contribution is 2.04. The highest BCUT2D eigenvalue weighted by Gasteiger charge is 2.17. The van der Waals surface area contributed by atoms with Gasteiger partial charge in [0.05, 0.1) is 0 Å². The van der Waals surface area contributed by atoms with Crippen LogP contribution in [0, 0.1) is 0 Å². The van der Waals surface area contributed by atoms with Crippen molar-refractivity contribution in [3.63, 3.8) is 0 Å². The molecule has 1 heterocycles. The third-order valence-electron chi connectivity index (χ3n) is 2.24. The van der Waals surface area contributed by atoms with E-state index < -0.39 is 0 Å². The van der Waals surface area contributed by atoms with E-state index in [1.165, 1.54) is 0 Å². The number of carbonyl (C=O) groups is 2. The number of rotatable bonds is 4. The smallest absolute Gasteiger partial charge is 0.270 e. The number of pyridine rings is 1. The lowest BCUT2D eigenvalue weighted by Gasteiger charge is -2.20. The van der Waals surface area contributed by atoms with Crippen molar-refractivity contribution >= 4 is 11.8 Å². The van der Waals surface area contributed by atoms with Crippen molar-refractivity contribution in [1.29, 1.82) is 0 Å². The van der Waals surface area contributed by atoms with Crippen LogP contribution in [0.2, 0.25) is 0 Å². The van der Waals surface area contributed by atoms with Gasteiger partial charge in [0.15, 0.2) is 0 Å². The zero-order chi connectivity index (χ0) is 14.5. The minimum atomic E-state index is -0.334. The zero-order valence-electron chi connectivity index (χ0n) is 11.9. The lowest BCUT2D eigenvalue weighted by molar-refractivity contribution is 0.0914. The molecule has 5 nitrogen and oxygen atoms in total. The van der Waals surface area contributed by atoms with Gasteiger partial charge in [-0.1, -0.05) is 13.0 Å². The van der Waals surface area contributed by atoms with Crippen LogP contribution in [0.3, 0.4) is 0 Å². The summed E-state index contributed by atoms with van der Waals surface area (Å²) in [6, 6.07) is 4.85. The van der Waals surface area contributed by atoms with Gasteiger partial charge >= 0.3 is 0 Å². The topological polar surface area (TPSA) is 71.1 Å². The van der Waals surface area contributed by atoms with Gasteiger partial charge in [0.25, 0.3) is 11.8 Å². The maximum absolute atomic E-state index is 11.9. The van der Waals surface area contributed by atoms with Gasteiger partial charge in [0.1, 0.15) is 11.4 Å². The van der Waals surface area contributed by atoms with Gasteiger partial charge in [-0.2, -0.15) is 0 Å². The van der Waals surface area contributed by atoms with Crippen LogP contribution in [0.1, 0.15) is 55.1 Å². The van der Waals surface area contributed by atoms with Crippen LogP contribution in [-0.2, 0) is 0 Å². The van der Waals surface area contributed by atoms with E-state index in [9.17, 15) is 9.59 Å². The Morgan fingerprint density at radius 2 is 1.74 bits per heavy atom. The molecular formula is C14H21N3O2. The first kappa shape index (κ1) is 15.1. The van der Waals surface area contributed by atoms with Crippen LogP contribution in [0.15, 0.2) is 18.2 Å². The lowest BCUT2D eigenvalue weighted by atomic mass is 10.1. The lowest BCUT2D eigenvalue weighted by Crippen LogP contribution is -2.41. The van der Waals surface area contributed by atoms with Crippen LogP contribution < -0.4 is 10.6 Å². The molecule has 0 unspecified atom stereocenters. The first-order chi connectivity index (χ1) is 8.83. The molecule has 1 aromatic rings. The largest absolute Gasteiger partial charge is 0.351 e. The van der Waals surface area contributed by atoms with Crippen molar-refractivity contribution in [2.75, 3.05) is 6.54 Å². The summed E-state index contributed by atoms with van der Waals surface area (Å²) in [6.45, 7) is 8.24. The van der Waals surface area contributed by atoms with Gasteiger partial charge < -0.3 is 10.6 Å². The molecule has 2 N–H and O–H groups in total. The zero-order valence-corrected chi connectivity index (χ0v) is 11.9. The van der Waals surface area contributed by atoms with E-state index in [4.69, 9.17) is 0 Å². The average Bonchev–Trinajstić information content (AvgIpc) is 2.34. The van der Waals surface area contributed by atoms with E-state index in [-0.39, 0.29) is 28.7 Å². The molecule has 0 aliphatic carbocycles. The number of hydrogen-bond acceptors (Lipinski definition) is 3. The minimum absolute atomic E-state index is 0.249. The standard InChI is InChI=1S/C14H21N3O2/c1-5-9-15-12(18)10-7-6-8-11(16-10)13(19)17-14(2,3)4/h6-8H,5,9H2,1-4H3,(H,15,18)(H,17,19). The van der Waals surface area contributed by atoms with Crippen LogP contribution in [-0.4, -0.2) is 28.9 Å². The first-order valence-corrected chi connectivity index (χ1v) is 6.41. The molecule has 1 aromatic heterocycles. The van der Waals surface area contributed by atoms with E-state index in [0.29, 0.717) is 6.54 Å². The Balaban J connectivity index is 2.82. The molecule has 104 valence electrons. The van der Waals surface area contributed by atoms with Crippen LogP contribution in [0.5, 0.6) is 0 Å².